The van der Waals surface area contributed by atoms with E-state index < -0.39 is 11.4 Å². The second-order valence-corrected chi connectivity index (χ2v) is 4.27. The maximum atomic E-state index is 11.2. The van der Waals surface area contributed by atoms with Gasteiger partial charge >= 0.3 is 5.97 Å². The highest BCUT2D eigenvalue weighted by Crippen LogP contribution is 2.32. The van der Waals surface area contributed by atoms with Crippen molar-refractivity contribution < 1.29 is 14.6 Å². The van der Waals surface area contributed by atoms with Crippen LogP contribution in [0.4, 0.5) is 0 Å². The lowest BCUT2D eigenvalue weighted by molar-refractivity contribution is -0.151. The number of carbonyl (C=O) groups is 1. The first-order chi connectivity index (χ1) is 7.01. The van der Waals surface area contributed by atoms with E-state index in [2.05, 4.69) is 0 Å². The molecule has 0 aliphatic rings. The Kier molecular flexibility index (Phi) is 6.52. The lowest BCUT2D eigenvalue weighted by atomic mass is 9.73. The van der Waals surface area contributed by atoms with Crippen LogP contribution in [0.25, 0.3) is 0 Å². The molecule has 0 saturated heterocycles. The van der Waals surface area contributed by atoms with Gasteiger partial charge in [0.05, 0.1) is 5.41 Å². The number of rotatable bonds is 8. The van der Waals surface area contributed by atoms with Crippen molar-refractivity contribution in [3.05, 3.63) is 0 Å². The number of aliphatic carboxylic acids is 1. The van der Waals surface area contributed by atoms with Gasteiger partial charge in [0.25, 0.3) is 0 Å². The Morgan fingerprint density at radius 1 is 1.47 bits per heavy atom. The van der Waals surface area contributed by atoms with Crippen molar-refractivity contribution >= 4 is 5.97 Å². The highest BCUT2D eigenvalue weighted by Gasteiger charge is 2.39. The summed E-state index contributed by atoms with van der Waals surface area (Å²) in [5, 5.41) is 9.24. The van der Waals surface area contributed by atoms with Crippen LogP contribution in [0.1, 0.15) is 33.1 Å². The Bertz CT molecular complexity index is 194. The van der Waals surface area contributed by atoms with E-state index in [1.165, 1.54) is 0 Å². The van der Waals surface area contributed by atoms with Crippen LogP contribution in [-0.4, -0.2) is 31.3 Å². The molecule has 0 aliphatic carbocycles. The Balaban J connectivity index is 4.30. The third kappa shape index (κ3) is 3.80. The molecule has 0 aliphatic heterocycles. The molecular formula is C11H23NO3. The molecule has 15 heavy (non-hydrogen) atoms. The summed E-state index contributed by atoms with van der Waals surface area (Å²) in [4.78, 5) is 11.2. The second-order valence-electron chi connectivity index (χ2n) is 4.27. The van der Waals surface area contributed by atoms with Gasteiger partial charge in [-0.25, -0.2) is 0 Å². The van der Waals surface area contributed by atoms with Gasteiger partial charge in [-0.05, 0) is 25.2 Å². The molecule has 0 aromatic carbocycles. The van der Waals surface area contributed by atoms with E-state index in [4.69, 9.17) is 10.5 Å². The topological polar surface area (TPSA) is 72.5 Å². The van der Waals surface area contributed by atoms with Crippen LogP contribution in [0.15, 0.2) is 0 Å². The van der Waals surface area contributed by atoms with E-state index in [0.29, 0.717) is 13.0 Å². The molecule has 0 heterocycles. The smallest absolute Gasteiger partial charge is 0.311 e. The molecule has 90 valence electrons. The van der Waals surface area contributed by atoms with Crippen molar-refractivity contribution in [3.63, 3.8) is 0 Å². The molecule has 0 spiro atoms. The maximum absolute atomic E-state index is 11.2. The van der Waals surface area contributed by atoms with Crippen molar-refractivity contribution in [2.75, 3.05) is 20.3 Å². The number of hydrogen-bond acceptors (Lipinski definition) is 3. The van der Waals surface area contributed by atoms with E-state index in [9.17, 15) is 9.90 Å². The average Bonchev–Trinajstić information content (AvgIpc) is 2.17. The zero-order valence-corrected chi connectivity index (χ0v) is 9.95. The van der Waals surface area contributed by atoms with Gasteiger partial charge in [-0.3, -0.25) is 4.79 Å². The van der Waals surface area contributed by atoms with Gasteiger partial charge in [0.2, 0.25) is 0 Å². The third-order valence-electron chi connectivity index (χ3n) is 3.12. The minimum absolute atomic E-state index is 0.0579. The van der Waals surface area contributed by atoms with Crippen LogP contribution in [0.3, 0.4) is 0 Å². The van der Waals surface area contributed by atoms with Crippen LogP contribution in [0.5, 0.6) is 0 Å². The van der Waals surface area contributed by atoms with Crippen LogP contribution in [0, 0.1) is 11.3 Å². The zero-order valence-electron chi connectivity index (χ0n) is 9.95. The number of ether oxygens (including phenoxy) is 1. The molecule has 0 fully saturated rings. The second kappa shape index (κ2) is 6.80. The van der Waals surface area contributed by atoms with Gasteiger partial charge < -0.3 is 15.6 Å². The number of hydrogen-bond donors (Lipinski definition) is 2. The van der Waals surface area contributed by atoms with E-state index in [-0.39, 0.29) is 12.5 Å². The summed E-state index contributed by atoms with van der Waals surface area (Å²) in [6.07, 6.45) is 2.35. The first-order valence-corrected chi connectivity index (χ1v) is 5.43. The van der Waals surface area contributed by atoms with Crippen molar-refractivity contribution in [3.8, 4) is 0 Å². The van der Waals surface area contributed by atoms with Crippen molar-refractivity contribution in [1.29, 1.82) is 0 Å². The normalized spacial score (nSPS) is 15.3. The molecule has 0 amide bonds. The molecule has 0 aromatic rings. The zero-order chi connectivity index (χ0) is 11.9. The molecule has 4 nitrogen and oxygen atoms in total. The van der Waals surface area contributed by atoms with E-state index in [1.807, 2.05) is 13.8 Å². The Morgan fingerprint density at radius 2 is 2.07 bits per heavy atom. The van der Waals surface area contributed by atoms with Crippen LogP contribution < -0.4 is 5.73 Å². The van der Waals surface area contributed by atoms with Gasteiger partial charge in [-0.2, -0.15) is 0 Å². The third-order valence-corrected chi connectivity index (χ3v) is 3.12. The van der Waals surface area contributed by atoms with Crippen LogP contribution >= 0.6 is 0 Å². The summed E-state index contributed by atoms with van der Waals surface area (Å²) in [6.45, 7) is 4.71. The Morgan fingerprint density at radius 3 is 2.40 bits per heavy atom. The summed E-state index contributed by atoms with van der Waals surface area (Å²) in [5.41, 5.74) is 4.84. The SMILES string of the molecule is COCCCCC(CN)(C(=O)O)C(C)C. The molecule has 1 atom stereocenters. The summed E-state index contributed by atoms with van der Waals surface area (Å²) < 4.78 is 4.93. The van der Waals surface area contributed by atoms with E-state index in [1.54, 1.807) is 7.11 Å². The fourth-order valence-corrected chi connectivity index (χ4v) is 1.75. The molecule has 1 unspecified atom stereocenters. The summed E-state index contributed by atoms with van der Waals surface area (Å²) in [7, 11) is 1.65. The van der Waals surface area contributed by atoms with Gasteiger partial charge in [-0.1, -0.05) is 13.8 Å². The highest BCUT2D eigenvalue weighted by molar-refractivity contribution is 5.75. The van der Waals surface area contributed by atoms with Gasteiger partial charge in [0.1, 0.15) is 0 Å². The summed E-state index contributed by atoms with van der Waals surface area (Å²) in [6, 6.07) is 0. The number of nitrogens with two attached hydrogens (primary N) is 1. The number of methoxy groups -OCH3 is 1. The average molecular weight is 217 g/mol. The standard InChI is InChI=1S/C11H23NO3/c1-9(2)11(8-12,10(13)14)6-4-5-7-15-3/h9H,4-8,12H2,1-3H3,(H,13,14). The van der Waals surface area contributed by atoms with Gasteiger partial charge in [0.15, 0.2) is 0 Å². The maximum Gasteiger partial charge on any atom is 0.311 e. The molecule has 0 rings (SSSR count). The number of carboxylic acids is 1. The monoisotopic (exact) mass is 217 g/mol. The van der Waals surface area contributed by atoms with Crippen LogP contribution in [-0.2, 0) is 9.53 Å². The molecule has 0 bridgehead atoms. The quantitative estimate of drug-likeness (QED) is 0.604. The minimum atomic E-state index is -0.780. The first kappa shape index (κ1) is 14.4. The molecule has 3 N–H and O–H groups in total. The number of carboxylic acid groups (broad SMARTS) is 1. The van der Waals surface area contributed by atoms with Gasteiger partial charge in [-0.15, -0.1) is 0 Å². The largest absolute Gasteiger partial charge is 0.481 e. The summed E-state index contributed by atoms with van der Waals surface area (Å²) >= 11 is 0. The van der Waals surface area contributed by atoms with Crippen molar-refractivity contribution in [2.45, 2.75) is 33.1 Å². The lowest BCUT2D eigenvalue weighted by Gasteiger charge is -2.32. The fraction of sp³-hybridized carbons (Fsp3) is 0.909. The fourth-order valence-electron chi connectivity index (χ4n) is 1.75. The van der Waals surface area contributed by atoms with E-state index in [0.717, 1.165) is 12.8 Å². The predicted octanol–water partition coefficient (Wildman–Crippen LogP) is 1.49. The molecule has 0 aromatic heterocycles. The van der Waals surface area contributed by atoms with E-state index >= 15 is 0 Å². The molecule has 4 heteroatoms. The Hall–Kier alpha value is -0.610. The highest BCUT2D eigenvalue weighted by atomic mass is 16.5. The molecule has 0 radical (unpaired) electrons. The predicted molar refractivity (Wildman–Crippen MR) is 59.7 cm³/mol. The minimum Gasteiger partial charge on any atom is -0.481 e. The summed E-state index contributed by atoms with van der Waals surface area (Å²) in [5.74, 6) is -0.722. The first-order valence-electron chi connectivity index (χ1n) is 5.43. The molecule has 0 saturated carbocycles. The number of unbranched alkanes of at least 4 members (excludes halogenated alkanes) is 1. The van der Waals surface area contributed by atoms with Gasteiger partial charge in [0, 0.05) is 20.3 Å². The van der Waals surface area contributed by atoms with Crippen molar-refractivity contribution in [1.82, 2.24) is 0 Å². The molecular weight excluding hydrogens is 194 g/mol. The van der Waals surface area contributed by atoms with Crippen molar-refractivity contribution in [2.24, 2.45) is 17.1 Å². The van der Waals surface area contributed by atoms with Crippen LogP contribution in [0.2, 0.25) is 0 Å². The Labute approximate surface area is 91.8 Å². The lowest BCUT2D eigenvalue weighted by Crippen LogP contribution is -2.43.